The Hall–Kier alpha value is -3.85. The maximum atomic E-state index is 13.3. The number of anilines is 1. The Bertz CT molecular complexity index is 1430. The summed E-state index contributed by atoms with van der Waals surface area (Å²) >= 11 is 6.18. The number of hydrogen-bond donors (Lipinski definition) is 3. The van der Waals surface area contributed by atoms with Crippen molar-refractivity contribution in [3.63, 3.8) is 0 Å². The second kappa shape index (κ2) is 11.7. The van der Waals surface area contributed by atoms with Crippen LogP contribution < -0.4 is 15.5 Å². The average molecular weight is 564 g/mol. The molecule has 4 amide bonds. The summed E-state index contributed by atoms with van der Waals surface area (Å²) in [6.45, 7) is 0.685. The molecule has 10 heteroatoms. The lowest BCUT2D eigenvalue weighted by Crippen LogP contribution is -2.55. The summed E-state index contributed by atoms with van der Waals surface area (Å²) in [6.07, 6.45) is 5.66. The quantitative estimate of drug-likeness (QED) is 0.418. The van der Waals surface area contributed by atoms with Gasteiger partial charge in [0, 0.05) is 72.9 Å². The van der Waals surface area contributed by atoms with Crippen LogP contribution in [0.25, 0.3) is 10.9 Å². The van der Waals surface area contributed by atoms with Crippen LogP contribution in [0.5, 0.6) is 0 Å². The van der Waals surface area contributed by atoms with Crippen molar-refractivity contribution < 1.29 is 19.2 Å². The number of hydrogen-bond acceptors (Lipinski definition) is 4. The summed E-state index contributed by atoms with van der Waals surface area (Å²) in [6, 6.07) is 11.5. The van der Waals surface area contributed by atoms with Crippen molar-refractivity contribution in [1.82, 2.24) is 20.5 Å². The highest BCUT2D eigenvalue weighted by Gasteiger charge is 2.36. The predicted octanol–water partition coefficient (Wildman–Crippen LogP) is 4.12. The van der Waals surface area contributed by atoms with Crippen LogP contribution in [0.4, 0.5) is 5.69 Å². The molecule has 0 radical (unpaired) electrons. The van der Waals surface area contributed by atoms with Crippen molar-refractivity contribution in [2.75, 3.05) is 25.5 Å². The van der Waals surface area contributed by atoms with E-state index in [9.17, 15) is 19.2 Å². The first-order valence-electron chi connectivity index (χ1n) is 13.7. The summed E-state index contributed by atoms with van der Waals surface area (Å²) in [7, 11) is 3.45. The molecule has 3 atom stereocenters. The molecule has 3 aromatic rings. The van der Waals surface area contributed by atoms with Gasteiger partial charge in [0.25, 0.3) is 11.8 Å². The molecule has 2 heterocycles. The van der Waals surface area contributed by atoms with Crippen LogP contribution in [-0.4, -0.2) is 66.2 Å². The number of nitrogens with zero attached hydrogens (tertiary/aromatic N) is 2. The first-order valence-corrected chi connectivity index (χ1v) is 14.1. The molecule has 2 aliphatic rings. The number of carbonyl (C=O) groups is 4. The van der Waals surface area contributed by atoms with Gasteiger partial charge < -0.3 is 25.4 Å². The van der Waals surface area contributed by atoms with Gasteiger partial charge in [-0.05, 0) is 68.5 Å². The third-order valence-electron chi connectivity index (χ3n) is 7.93. The van der Waals surface area contributed by atoms with Crippen LogP contribution in [0.15, 0.2) is 48.7 Å². The molecule has 2 aromatic carbocycles. The zero-order valence-corrected chi connectivity index (χ0v) is 23.5. The van der Waals surface area contributed by atoms with Gasteiger partial charge in [0.1, 0.15) is 0 Å². The minimum absolute atomic E-state index is 0.00863. The number of halogens is 1. The third-order valence-corrected chi connectivity index (χ3v) is 8.24. The number of rotatable bonds is 6. The molecular formula is C30H34ClN5O4. The Balaban J connectivity index is 1.31. The van der Waals surface area contributed by atoms with E-state index < -0.39 is 6.04 Å². The number of amides is 4. The van der Waals surface area contributed by atoms with E-state index in [2.05, 4.69) is 15.6 Å². The summed E-state index contributed by atoms with van der Waals surface area (Å²) in [5.74, 6) is -0.690. The number of fused-ring (bicyclic) bond motifs is 1. The van der Waals surface area contributed by atoms with Gasteiger partial charge >= 0.3 is 0 Å². The van der Waals surface area contributed by atoms with Gasteiger partial charge in [-0.3, -0.25) is 19.2 Å². The minimum Gasteiger partial charge on any atom is -0.360 e. The smallest absolute Gasteiger partial charge is 0.251 e. The number of aromatic amines is 1. The summed E-state index contributed by atoms with van der Waals surface area (Å²) in [4.78, 5) is 58.0. The molecule has 1 saturated heterocycles. The number of carbonyl (C=O) groups excluding carboxylic acids is 4. The summed E-state index contributed by atoms with van der Waals surface area (Å²) < 4.78 is 0. The predicted molar refractivity (Wildman–Crippen MR) is 154 cm³/mol. The van der Waals surface area contributed by atoms with E-state index in [-0.39, 0.29) is 35.6 Å². The second-order valence-corrected chi connectivity index (χ2v) is 11.3. The Morgan fingerprint density at radius 3 is 2.38 bits per heavy atom. The number of nitrogens with one attached hydrogen (secondary N) is 3. The summed E-state index contributed by atoms with van der Waals surface area (Å²) in [5.41, 5.74) is 2.47. The van der Waals surface area contributed by atoms with E-state index in [4.69, 9.17) is 11.6 Å². The van der Waals surface area contributed by atoms with E-state index in [0.29, 0.717) is 48.4 Å². The van der Waals surface area contributed by atoms with Crippen molar-refractivity contribution in [2.45, 2.75) is 50.6 Å². The molecule has 2 fully saturated rings. The molecule has 1 aromatic heterocycles. The number of aromatic nitrogens is 1. The normalized spacial score (nSPS) is 21.2. The Morgan fingerprint density at radius 2 is 1.65 bits per heavy atom. The monoisotopic (exact) mass is 563 g/mol. The van der Waals surface area contributed by atoms with Crippen LogP contribution in [0.1, 0.15) is 59.2 Å². The maximum Gasteiger partial charge on any atom is 0.251 e. The molecule has 1 saturated carbocycles. The fourth-order valence-corrected chi connectivity index (χ4v) is 5.92. The van der Waals surface area contributed by atoms with E-state index >= 15 is 0 Å². The van der Waals surface area contributed by atoms with Crippen LogP contribution >= 0.6 is 11.6 Å². The largest absolute Gasteiger partial charge is 0.360 e. The van der Waals surface area contributed by atoms with Crippen molar-refractivity contribution in [2.24, 2.45) is 5.92 Å². The van der Waals surface area contributed by atoms with Gasteiger partial charge in [-0.15, -0.1) is 0 Å². The highest BCUT2D eigenvalue weighted by Crippen LogP contribution is 2.28. The fraction of sp³-hybridized carbons (Fsp3) is 0.400. The highest BCUT2D eigenvalue weighted by molar-refractivity contribution is 6.35. The maximum absolute atomic E-state index is 13.3. The van der Waals surface area contributed by atoms with Gasteiger partial charge in [-0.2, -0.15) is 0 Å². The number of piperidine rings is 1. The highest BCUT2D eigenvalue weighted by atomic mass is 35.5. The minimum atomic E-state index is -0.438. The van der Waals surface area contributed by atoms with E-state index in [0.717, 1.165) is 29.4 Å². The molecule has 1 aliphatic heterocycles. The molecule has 40 heavy (non-hydrogen) atoms. The molecule has 1 aliphatic carbocycles. The molecule has 9 nitrogen and oxygen atoms in total. The van der Waals surface area contributed by atoms with Crippen LogP contribution in [-0.2, 0) is 9.59 Å². The zero-order valence-electron chi connectivity index (χ0n) is 22.7. The molecule has 5 rings (SSSR count). The molecule has 0 spiro atoms. The fourth-order valence-electron chi connectivity index (χ4n) is 5.70. The van der Waals surface area contributed by atoms with E-state index in [1.807, 2.05) is 0 Å². The average Bonchev–Trinajstić information content (AvgIpc) is 3.33. The Kier molecular flexibility index (Phi) is 8.12. The van der Waals surface area contributed by atoms with E-state index in [1.165, 1.54) is 0 Å². The van der Waals surface area contributed by atoms with Gasteiger partial charge in [-0.25, -0.2) is 0 Å². The molecule has 3 N–H and O–H groups in total. The third kappa shape index (κ3) is 5.84. The summed E-state index contributed by atoms with van der Waals surface area (Å²) in [5, 5.41) is 7.58. The van der Waals surface area contributed by atoms with Gasteiger partial charge in [0.15, 0.2) is 0 Å². The lowest BCUT2D eigenvalue weighted by atomic mass is 9.81. The lowest BCUT2D eigenvalue weighted by Gasteiger charge is -2.37. The van der Waals surface area contributed by atoms with Gasteiger partial charge in [-0.1, -0.05) is 17.7 Å². The van der Waals surface area contributed by atoms with E-state index in [1.54, 1.807) is 72.6 Å². The number of H-pyrrole nitrogens is 1. The van der Waals surface area contributed by atoms with Crippen molar-refractivity contribution in [3.8, 4) is 0 Å². The Morgan fingerprint density at radius 1 is 0.950 bits per heavy atom. The van der Waals surface area contributed by atoms with Crippen molar-refractivity contribution in [1.29, 1.82) is 0 Å². The molecule has 0 bridgehead atoms. The van der Waals surface area contributed by atoms with Crippen molar-refractivity contribution >= 4 is 51.8 Å². The molecule has 0 unspecified atom stereocenters. The Labute approximate surface area is 238 Å². The first kappa shape index (κ1) is 27.7. The van der Waals surface area contributed by atoms with Crippen molar-refractivity contribution in [3.05, 3.63) is 64.8 Å². The molecule has 210 valence electrons. The van der Waals surface area contributed by atoms with Crippen LogP contribution in [0.2, 0.25) is 5.02 Å². The standard InChI is InChI=1S/C30H34ClN5O4/c1-35(2)30(40)20-9-13-24(26(16-20)34-29(39)19-8-12-22-23(31)17-32-25(22)15-19)33-28(38)18-6-10-21(11-7-18)36-14-4-3-5-27(36)37/h6-8,10-12,15,17,20,24,26,32H,3-5,9,13-14,16H2,1-2H3,(H,33,38)(H,34,39)/t20-,24-,26+/m0/s1. The first-order chi connectivity index (χ1) is 19.2. The van der Waals surface area contributed by atoms with Gasteiger partial charge in [0.2, 0.25) is 11.8 Å². The topological polar surface area (TPSA) is 115 Å². The molecular weight excluding hydrogens is 530 g/mol. The number of benzene rings is 2. The second-order valence-electron chi connectivity index (χ2n) is 10.8. The van der Waals surface area contributed by atoms with Crippen LogP contribution in [0.3, 0.4) is 0 Å². The SMILES string of the molecule is CN(C)C(=O)[C@H]1CC[C@H](NC(=O)c2ccc(N3CCCCC3=O)cc2)[C@H](NC(=O)c2ccc3c(Cl)c[nH]c3c2)C1. The van der Waals surface area contributed by atoms with Gasteiger partial charge in [0.05, 0.1) is 11.1 Å². The van der Waals surface area contributed by atoms with Crippen LogP contribution in [0, 0.1) is 5.92 Å². The zero-order chi connectivity index (χ0) is 28.4. The lowest BCUT2D eigenvalue weighted by molar-refractivity contribution is -0.134.